The number of nitrogens with zero attached hydrogens (tertiary/aromatic N) is 1. The molecule has 0 aliphatic heterocycles. The average molecular weight is 267 g/mol. The Hall–Kier alpha value is -2.64. The van der Waals surface area contributed by atoms with E-state index in [0.717, 1.165) is 0 Å². The van der Waals surface area contributed by atoms with Gasteiger partial charge in [0.05, 0.1) is 11.3 Å². The first-order valence-corrected chi connectivity index (χ1v) is 5.42. The van der Waals surface area contributed by atoms with Crippen LogP contribution in [0.3, 0.4) is 0 Å². The number of anilines is 1. The second kappa shape index (κ2) is 6.34. The van der Waals surface area contributed by atoms with Gasteiger partial charge in [-0.15, -0.1) is 0 Å². The van der Waals surface area contributed by atoms with Gasteiger partial charge in [-0.25, -0.2) is 4.79 Å². The molecule has 102 valence electrons. The summed E-state index contributed by atoms with van der Waals surface area (Å²) in [5.41, 5.74) is 0.302. The van der Waals surface area contributed by atoms with E-state index in [2.05, 4.69) is 10.6 Å². The van der Waals surface area contributed by atoms with Crippen LogP contribution in [0.1, 0.15) is 13.3 Å². The molecule has 0 aliphatic rings. The predicted molar refractivity (Wildman–Crippen MR) is 67.0 cm³/mol. The zero-order valence-corrected chi connectivity index (χ0v) is 10.1. The fourth-order valence-electron chi connectivity index (χ4n) is 1.37. The molecular weight excluding hydrogens is 254 g/mol. The minimum Gasteiger partial charge on any atom is -0.481 e. The van der Waals surface area contributed by atoms with Crippen LogP contribution in [0.2, 0.25) is 0 Å². The topological polar surface area (TPSA) is 122 Å². The Morgan fingerprint density at radius 3 is 2.42 bits per heavy atom. The Labute approximate surface area is 108 Å². The maximum Gasteiger partial charge on any atom is 0.319 e. The number of non-ortho nitro benzene ring substituents is 1. The molecule has 19 heavy (non-hydrogen) atoms. The van der Waals surface area contributed by atoms with Gasteiger partial charge in [-0.05, 0) is 19.1 Å². The number of carboxylic acids is 1. The van der Waals surface area contributed by atoms with Crippen LogP contribution in [0.25, 0.3) is 0 Å². The Bertz CT molecular complexity index is 486. The summed E-state index contributed by atoms with van der Waals surface area (Å²) in [6.07, 6.45) is -0.187. The first-order chi connectivity index (χ1) is 8.88. The minimum atomic E-state index is -1.01. The monoisotopic (exact) mass is 267 g/mol. The largest absolute Gasteiger partial charge is 0.481 e. The normalized spacial score (nSPS) is 11.4. The zero-order valence-electron chi connectivity index (χ0n) is 10.1. The highest BCUT2D eigenvalue weighted by Gasteiger charge is 2.11. The molecule has 0 aliphatic carbocycles. The molecule has 0 saturated heterocycles. The molecule has 0 heterocycles. The summed E-state index contributed by atoms with van der Waals surface area (Å²) in [4.78, 5) is 31.8. The van der Waals surface area contributed by atoms with Crippen molar-refractivity contribution in [3.63, 3.8) is 0 Å². The Balaban J connectivity index is 2.52. The van der Waals surface area contributed by atoms with Gasteiger partial charge in [-0.3, -0.25) is 14.9 Å². The van der Waals surface area contributed by atoms with Gasteiger partial charge >= 0.3 is 12.0 Å². The smallest absolute Gasteiger partial charge is 0.319 e. The summed E-state index contributed by atoms with van der Waals surface area (Å²) < 4.78 is 0. The van der Waals surface area contributed by atoms with Gasteiger partial charge < -0.3 is 15.7 Å². The molecule has 0 saturated carbocycles. The molecule has 8 nitrogen and oxygen atoms in total. The lowest BCUT2D eigenvalue weighted by atomic mass is 10.2. The van der Waals surface area contributed by atoms with Crippen LogP contribution < -0.4 is 10.6 Å². The molecule has 0 fully saturated rings. The number of aliphatic carboxylic acids is 1. The SMILES string of the molecule is CC(CC(=O)O)NC(=O)Nc1ccc([N+](=O)[O-])cc1. The summed E-state index contributed by atoms with van der Waals surface area (Å²) >= 11 is 0. The molecular formula is C11H13N3O5. The molecule has 1 unspecified atom stereocenters. The third kappa shape index (κ3) is 5.02. The van der Waals surface area contributed by atoms with Crippen LogP contribution in [0.4, 0.5) is 16.2 Å². The van der Waals surface area contributed by atoms with Crippen LogP contribution in [0, 0.1) is 10.1 Å². The molecule has 0 radical (unpaired) electrons. The second-order valence-corrected chi connectivity index (χ2v) is 3.90. The first kappa shape index (κ1) is 14.4. The van der Waals surface area contributed by atoms with E-state index in [1.165, 1.54) is 24.3 Å². The number of nitro groups is 1. The highest BCUT2D eigenvalue weighted by Crippen LogP contribution is 2.15. The zero-order chi connectivity index (χ0) is 14.4. The maximum absolute atomic E-state index is 11.5. The molecule has 2 amide bonds. The number of hydrogen-bond donors (Lipinski definition) is 3. The van der Waals surface area contributed by atoms with Crippen molar-refractivity contribution in [3.05, 3.63) is 34.4 Å². The van der Waals surface area contributed by atoms with Crippen molar-refractivity contribution in [1.29, 1.82) is 0 Å². The number of carbonyl (C=O) groups excluding carboxylic acids is 1. The Morgan fingerprint density at radius 1 is 1.37 bits per heavy atom. The molecule has 8 heteroatoms. The van der Waals surface area contributed by atoms with Gasteiger partial charge in [0, 0.05) is 23.9 Å². The Morgan fingerprint density at radius 2 is 1.95 bits per heavy atom. The van der Waals surface area contributed by atoms with Crippen molar-refractivity contribution in [2.45, 2.75) is 19.4 Å². The van der Waals surface area contributed by atoms with E-state index in [0.29, 0.717) is 5.69 Å². The van der Waals surface area contributed by atoms with E-state index < -0.39 is 23.0 Å². The number of nitro benzene ring substituents is 1. The van der Waals surface area contributed by atoms with Crippen molar-refractivity contribution in [1.82, 2.24) is 5.32 Å². The average Bonchev–Trinajstić information content (AvgIpc) is 2.27. The number of nitrogens with one attached hydrogen (secondary N) is 2. The summed E-state index contributed by atoms with van der Waals surface area (Å²) in [7, 11) is 0. The van der Waals surface area contributed by atoms with Gasteiger partial charge in [-0.2, -0.15) is 0 Å². The number of carbonyl (C=O) groups is 2. The van der Waals surface area contributed by atoms with E-state index in [1.807, 2.05) is 0 Å². The highest BCUT2D eigenvalue weighted by molar-refractivity contribution is 5.89. The van der Waals surface area contributed by atoms with Gasteiger partial charge in [0.25, 0.3) is 5.69 Å². The highest BCUT2D eigenvalue weighted by atomic mass is 16.6. The van der Waals surface area contributed by atoms with Crippen LogP contribution >= 0.6 is 0 Å². The lowest BCUT2D eigenvalue weighted by molar-refractivity contribution is -0.384. The lowest BCUT2D eigenvalue weighted by Crippen LogP contribution is -2.37. The number of amides is 2. The number of hydrogen-bond acceptors (Lipinski definition) is 4. The van der Waals surface area contributed by atoms with E-state index >= 15 is 0 Å². The van der Waals surface area contributed by atoms with Crippen LogP contribution in [-0.4, -0.2) is 28.1 Å². The number of rotatable bonds is 5. The van der Waals surface area contributed by atoms with Gasteiger partial charge in [-0.1, -0.05) is 0 Å². The quantitative estimate of drug-likeness (QED) is 0.552. The fourth-order valence-corrected chi connectivity index (χ4v) is 1.37. The van der Waals surface area contributed by atoms with Crippen molar-refractivity contribution < 1.29 is 19.6 Å². The summed E-state index contributed by atoms with van der Waals surface area (Å²) in [6.45, 7) is 1.56. The van der Waals surface area contributed by atoms with Crippen molar-refractivity contribution in [2.75, 3.05) is 5.32 Å². The van der Waals surface area contributed by atoms with Crippen molar-refractivity contribution in [3.8, 4) is 0 Å². The summed E-state index contributed by atoms with van der Waals surface area (Å²) in [6, 6.07) is 4.21. The molecule has 1 atom stereocenters. The Kier molecular flexibility index (Phi) is 4.81. The third-order valence-corrected chi connectivity index (χ3v) is 2.19. The van der Waals surface area contributed by atoms with E-state index in [4.69, 9.17) is 5.11 Å². The molecule has 3 N–H and O–H groups in total. The molecule has 0 bridgehead atoms. The van der Waals surface area contributed by atoms with E-state index in [-0.39, 0.29) is 12.1 Å². The standard InChI is InChI=1S/C11H13N3O5/c1-7(6-10(15)16)12-11(17)13-8-2-4-9(5-3-8)14(18)19/h2-5,7H,6H2,1H3,(H,15,16)(H2,12,13,17). The van der Waals surface area contributed by atoms with Gasteiger partial charge in [0.2, 0.25) is 0 Å². The first-order valence-electron chi connectivity index (χ1n) is 5.42. The van der Waals surface area contributed by atoms with Crippen LogP contribution in [-0.2, 0) is 4.79 Å². The summed E-state index contributed by atoms with van der Waals surface area (Å²) in [5, 5.41) is 23.8. The minimum absolute atomic E-state index is 0.0785. The lowest BCUT2D eigenvalue weighted by Gasteiger charge is -2.12. The maximum atomic E-state index is 11.5. The number of benzene rings is 1. The molecule has 1 aromatic carbocycles. The van der Waals surface area contributed by atoms with Gasteiger partial charge in [0.1, 0.15) is 0 Å². The second-order valence-electron chi connectivity index (χ2n) is 3.90. The van der Waals surface area contributed by atoms with Crippen molar-refractivity contribution in [2.24, 2.45) is 0 Å². The molecule has 0 spiro atoms. The third-order valence-electron chi connectivity index (χ3n) is 2.19. The van der Waals surface area contributed by atoms with Gasteiger partial charge in [0.15, 0.2) is 0 Å². The molecule has 1 rings (SSSR count). The molecule has 1 aromatic rings. The van der Waals surface area contributed by atoms with E-state index in [1.54, 1.807) is 6.92 Å². The van der Waals surface area contributed by atoms with Crippen LogP contribution in [0.5, 0.6) is 0 Å². The summed E-state index contributed by atoms with van der Waals surface area (Å²) in [5.74, 6) is -1.01. The van der Waals surface area contributed by atoms with E-state index in [9.17, 15) is 19.7 Å². The number of urea groups is 1. The van der Waals surface area contributed by atoms with Crippen LogP contribution in [0.15, 0.2) is 24.3 Å². The number of carboxylic acid groups (broad SMARTS) is 1. The fraction of sp³-hybridized carbons (Fsp3) is 0.273. The predicted octanol–water partition coefficient (Wildman–Crippen LogP) is 1.58. The van der Waals surface area contributed by atoms with Crippen molar-refractivity contribution >= 4 is 23.4 Å². The molecule has 0 aromatic heterocycles.